The van der Waals surface area contributed by atoms with Crippen molar-refractivity contribution in [1.82, 2.24) is 19.9 Å². The highest BCUT2D eigenvalue weighted by Crippen LogP contribution is 2.18. The van der Waals surface area contributed by atoms with Crippen LogP contribution < -0.4 is 5.32 Å². The first-order valence-corrected chi connectivity index (χ1v) is 6.30. The lowest BCUT2D eigenvalue weighted by molar-refractivity contribution is 1.04. The highest BCUT2D eigenvalue weighted by atomic mass is 32.2. The van der Waals surface area contributed by atoms with Gasteiger partial charge in [0, 0.05) is 24.7 Å². The van der Waals surface area contributed by atoms with Crippen LogP contribution in [0.1, 0.15) is 12.6 Å². The SMILES string of the molecule is CCNc1cnc(CSc2cnccn2)cn1. The minimum atomic E-state index is 0.748. The van der Waals surface area contributed by atoms with Crippen LogP contribution in [0.15, 0.2) is 36.0 Å². The van der Waals surface area contributed by atoms with E-state index in [1.54, 1.807) is 42.7 Å². The molecule has 2 rings (SSSR count). The fourth-order valence-electron chi connectivity index (χ4n) is 1.21. The second kappa shape index (κ2) is 6.15. The summed E-state index contributed by atoms with van der Waals surface area (Å²) < 4.78 is 0. The Hall–Kier alpha value is -1.69. The molecule has 0 aliphatic heterocycles. The van der Waals surface area contributed by atoms with Gasteiger partial charge in [0.25, 0.3) is 0 Å². The number of hydrogen-bond donors (Lipinski definition) is 1. The molecule has 2 aromatic rings. The fraction of sp³-hybridized carbons (Fsp3) is 0.273. The van der Waals surface area contributed by atoms with Gasteiger partial charge in [0.05, 0.1) is 24.3 Å². The Balaban J connectivity index is 1.91. The summed E-state index contributed by atoms with van der Waals surface area (Å²) in [5, 5.41) is 4.00. The Morgan fingerprint density at radius 2 is 2.06 bits per heavy atom. The second-order valence-corrected chi connectivity index (χ2v) is 4.25. The van der Waals surface area contributed by atoms with Gasteiger partial charge in [-0.3, -0.25) is 9.97 Å². The summed E-state index contributed by atoms with van der Waals surface area (Å²) in [6.07, 6.45) is 8.61. The zero-order chi connectivity index (χ0) is 11.9. The van der Waals surface area contributed by atoms with E-state index in [-0.39, 0.29) is 0 Å². The van der Waals surface area contributed by atoms with Gasteiger partial charge in [-0.05, 0) is 6.92 Å². The van der Waals surface area contributed by atoms with E-state index in [4.69, 9.17) is 0 Å². The molecule has 0 unspecified atom stereocenters. The van der Waals surface area contributed by atoms with Crippen LogP contribution in [0, 0.1) is 0 Å². The Morgan fingerprint density at radius 1 is 1.12 bits per heavy atom. The molecule has 88 valence electrons. The lowest BCUT2D eigenvalue weighted by atomic mass is 10.5. The number of aromatic nitrogens is 4. The van der Waals surface area contributed by atoms with Crippen molar-refractivity contribution in [3.8, 4) is 0 Å². The topological polar surface area (TPSA) is 63.6 Å². The summed E-state index contributed by atoms with van der Waals surface area (Å²) in [5.74, 6) is 1.55. The highest BCUT2D eigenvalue weighted by Gasteiger charge is 1.99. The van der Waals surface area contributed by atoms with Crippen LogP contribution in [0.2, 0.25) is 0 Å². The summed E-state index contributed by atoms with van der Waals surface area (Å²) in [5.41, 5.74) is 0.933. The Morgan fingerprint density at radius 3 is 2.71 bits per heavy atom. The van der Waals surface area contributed by atoms with E-state index >= 15 is 0 Å². The Bertz CT molecular complexity index is 445. The number of nitrogens with zero attached hydrogens (tertiary/aromatic N) is 4. The van der Waals surface area contributed by atoms with Crippen molar-refractivity contribution in [3.05, 3.63) is 36.7 Å². The quantitative estimate of drug-likeness (QED) is 0.815. The molecule has 0 spiro atoms. The molecule has 2 aromatic heterocycles. The van der Waals surface area contributed by atoms with Gasteiger partial charge >= 0.3 is 0 Å². The average Bonchev–Trinajstić information content (AvgIpc) is 2.40. The van der Waals surface area contributed by atoms with Crippen molar-refractivity contribution >= 4 is 17.6 Å². The molecule has 6 heteroatoms. The normalized spacial score (nSPS) is 10.2. The van der Waals surface area contributed by atoms with Gasteiger partial charge in [-0.2, -0.15) is 0 Å². The number of nitrogens with one attached hydrogen (secondary N) is 1. The third-order valence-electron chi connectivity index (χ3n) is 1.97. The van der Waals surface area contributed by atoms with Crippen molar-refractivity contribution < 1.29 is 0 Å². The van der Waals surface area contributed by atoms with Crippen molar-refractivity contribution in [2.75, 3.05) is 11.9 Å². The lowest BCUT2D eigenvalue weighted by Crippen LogP contribution is -2.00. The van der Waals surface area contributed by atoms with Gasteiger partial charge in [-0.1, -0.05) is 11.8 Å². The molecule has 0 aromatic carbocycles. The molecule has 17 heavy (non-hydrogen) atoms. The molecule has 0 radical (unpaired) electrons. The maximum atomic E-state index is 4.32. The summed E-state index contributed by atoms with van der Waals surface area (Å²) in [7, 11) is 0. The zero-order valence-corrected chi connectivity index (χ0v) is 10.3. The number of rotatable bonds is 5. The maximum absolute atomic E-state index is 4.32. The molecular weight excluding hydrogens is 234 g/mol. The molecule has 0 saturated carbocycles. The number of anilines is 1. The van der Waals surface area contributed by atoms with E-state index in [1.165, 1.54) is 0 Å². The average molecular weight is 247 g/mol. The molecule has 0 aliphatic rings. The molecule has 0 fully saturated rings. The first-order valence-electron chi connectivity index (χ1n) is 5.32. The molecule has 5 nitrogen and oxygen atoms in total. The van der Waals surface area contributed by atoms with E-state index in [0.29, 0.717) is 0 Å². The summed E-state index contributed by atoms with van der Waals surface area (Å²) in [4.78, 5) is 16.8. The molecule has 0 atom stereocenters. The standard InChI is InChI=1S/C11H13N5S/c1-2-13-10-6-15-9(5-16-10)8-17-11-7-12-3-4-14-11/h3-7H,2,8H2,1H3,(H,13,16). The van der Waals surface area contributed by atoms with Crippen LogP contribution in [0.3, 0.4) is 0 Å². The molecular formula is C11H13N5S. The van der Waals surface area contributed by atoms with Gasteiger partial charge < -0.3 is 5.32 Å². The predicted molar refractivity (Wildman–Crippen MR) is 67.8 cm³/mol. The minimum absolute atomic E-state index is 0.748. The fourth-order valence-corrected chi connectivity index (χ4v) is 1.93. The minimum Gasteiger partial charge on any atom is -0.369 e. The molecule has 2 heterocycles. The number of thioether (sulfide) groups is 1. The van der Waals surface area contributed by atoms with Gasteiger partial charge in [-0.25, -0.2) is 9.97 Å². The maximum Gasteiger partial charge on any atom is 0.144 e. The predicted octanol–water partition coefficient (Wildman–Crippen LogP) is 1.99. The van der Waals surface area contributed by atoms with Crippen LogP contribution in [-0.2, 0) is 5.75 Å². The third kappa shape index (κ3) is 3.67. The van der Waals surface area contributed by atoms with Crippen molar-refractivity contribution in [3.63, 3.8) is 0 Å². The van der Waals surface area contributed by atoms with E-state index in [1.807, 2.05) is 6.92 Å². The highest BCUT2D eigenvalue weighted by molar-refractivity contribution is 7.98. The first kappa shape index (κ1) is 11.8. The van der Waals surface area contributed by atoms with Crippen molar-refractivity contribution in [1.29, 1.82) is 0 Å². The van der Waals surface area contributed by atoms with E-state index in [2.05, 4.69) is 25.3 Å². The lowest BCUT2D eigenvalue weighted by Gasteiger charge is -2.03. The van der Waals surface area contributed by atoms with Crippen molar-refractivity contribution in [2.24, 2.45) is 0 Å². The molecule has 0 amide bonds. The largest absolute Gasteiger partial charge is 0.369 e. The molecule has 1 N–H and O–H groups in total. The van der Waals surface area contributed by atoms with Crippen molar-refractivity contribution in [2.45, 2.75) is 17.7 Å². The van der Waals surface area contributed by atoms with Crippen LogP contribution in [0.5, 0.6) is 0 Å². The van der Waals surface area contributed by atoms with Crippen LogP contribution >= 0.6 is 11.8 Å². The van der Waals surface area contributed by atoms with Crippen LogP contribution in [0.4, 0.5) is 5.82 Å². The molecule has 0 aliphatic carbocycles. The third-order valence-corrected chi connectivity index (χ3v) is 2.92. The van der Waals surface area contributed by atoms with Gasteiger partial charge in [-0.15, -0.1) is 0 Å². The zero-order valence-electron chi connectivity index (χ0n) is 9.50. The van der Waals surface area contributed by atoms with E-state index in [9.17, 15) is 0 Å². The summed E-state index contributed by atoms with van der Waals surface area (Å²) >= 11 is 1.60. The first-order chi connectivity index (χ1) is 8.38. The Labute approximate surface area is 104 Å². The molecule has 0 saturated heterocycles. The van der Waals surface area contributed by atoms with E-state index < -0.39 is 0 Å². The van der Waals surface area contributed by atoms with Gasteiger partial charge in [0.1, 0.15) is 10.8 Å². The Kier molecular flexibility index (Phi) is 4.26. The smallest absolute Gasteiger partial charge is 0.144 e. The van der Waals surface area contributed by atoms with Gasteiger partial charge in [0.2, 0.25) is 0 Å². The van der Waals surface area contributed by atoms with Gasteiger partial charge in [0.15, 0.2) is 0 Å². The molecule has 0 bridgehead atoms. The second-order valence-electron chi connectivity index (χ2n) is 3.26. The monoisotopic (exact) mass is 247 g/mol. The van der Waals surface area contributed by atoms with E-state index in [0.717, 1.165) is 28.8 Å². The van der Waals surface area contributed by atoms with Crippen LogP contribution in [-0.4, -0.2) is 26.5 Å². The summed E-state index contributed by atoms with van der Waals surface area (Å²) in [6, 6.07) is 0. The van der Waals surface area contributed by atoms with Crippen LogP contribution in [0.25, 0.3) is 0 Å². The summed E-state index contributed by atoms with van der Waals surface area (Å²) in [6.45, 7) is 2.88. The number of hydrogen-bond acceptors (Lipinski definition) is 6.